The summed E-state index contributed by atoms with van der Waals surface area (Å²) >= 11 is 1.59. The predicted molar refractivity (Wildman–Crippen MR) is 140 cm³/mol. The van der Waals surface area contributed by atoms with Crippen LogP contribution in [0.25, 0.3) is 21.5 Å². The second kappa shape index (κ2) is 11.6. The number of oxazole rings is 1. The van der Waals surface area contributed by atoms with Gasteiger partial charge >= 0.3 is 5.97 Å². The average molecular weight is 510 g/mol. The summed E-state index contributed by atoms with van der Waals surface area (Å²) in [5.74, 6) is 2.45. The zero-order chi connectivity index (χ0) is 25.7. The standard InChI is InChI=1S/C28H31NO6S/c1-6-32-25(28(30)31-5)15-20-9-12-24(26-22(20)13-14-36-26)33-16-23-18(4)35-27(29-23)19-7-10-21(11-8-19)34-17(2)3/h7-14,17,25H,6,15-16H2,1-5H3. The van der Waals surface area contributed by atoms with Gasteiger partial charge in [0.1, 0.15) is 29.6 Å². The average Bonchev–Trinajstić information content (AvgIpc) is 3.50. The van der Waals surface area contributed by atoms with Gasteiger partial charge in [-0.15, -0.1) is 11.3 Å². The molecule has 0 spiro atoms. The van der Waals surface area contributed by atoms with Crippen molar-refractivity contribution in [3.63, 3.8) is 0 Å². The number of rotatable bonds is 11. The van der Waals surface area contributed by atoms with Gasteiger partial charge < -0.3 is 23.4 Å². The minimum Gasteiger partial charge on any atom is -0.491 e. The number of hydrogen-bond donors (Lipinski definition) is 0. The number of benzene rings is 2. The highest BCUT2D eigenvalue weighted by Gasteiger charge is 2.22. The largest absolute Gasteiger partial charge is 0.491 e. The fourth-order valence-electron chi connectivity index (χ4n) is 3.91. The molecule has 1 unspecified atom stereocenters. The molecule has 0 N–H and O–H groups in total. The Hall–Kier alpha value is -3.36. The van der Waals surface area contributed by atoms with Gasteiger partial charge in [0.2, 0.25) is 5.89 Å². The Bertz CT molecular complexity index is 1310. The van der Waals surface area contributed by atoms with Crippen LogP contribution in [0.15, 0.2) is 52.3 Å². The first-order valence-corrected chi connectivity index (χ1v) is 12.8. The van der Waals surface area contributed by atoms with Crippen molar-refractivity contribution in [3.8, 4) is 23.0 Å². The lowest BCUT2D eigenvalue weighted by atomic mass is 10.0. The number of methoxy groups -OCH3 is 1. The fraction of sp³-hybridized carbons (Fsp3) is 0.357. The Balaban J connectivity index is 1.49. The van der Waals surface area contributed by atoms with Gasteiger partial charge in [-0.3, -0.25) is 0 Å². The number of thiophene rings is 1. The maximum Gasteiger partial charge on any atom is 0.335 e. The van der Waals surface area contributed by atoms with Crippen molar-refractivity contribution < 1.29 is 28.2 Å². The Kier molecular flexibility index (Phi) is 8.28. The van der Waals surface area contributed by atoms with E-state index in [9.17, 15) is 4.79 Å². The third-order valence-corrected chi connectivity index (χ3v) is 6.57. The number of carbonyl (C=O) groups excluding carboxylic acids is 1. The lowest BCUT2D eigenvalue weighted by Gasteiger charge is -2.16. The molecule has 2 aromatic heterocycles. The van der Waals surface area contributed by atoms with E-state index in [1.165, 1.54) is 7.11 Å². The van der Waals surface area contributed by atoms with Crippen molar-refractivity contribution in [1.82, 2.24) is 4.98 Å². The van der Waals surface area contributed by atoms with Gasteiger partial charge in [0, 0.05) is 18.6 Å². The number of esters is 1. The molecule has 4 rings (SSSR count). The Morgan fingerprint density at radius 3 is 2.58 bits per heavy atom. The molecule has 0 saturated heterocycles. The lowest BCUT2D eigenvalue weighted by molar-refractivity contribution is -0.153. The van der Waals surface area contributed by atoms with Gasteiger partial charge in [-0.2, -0.15) is 0 Å². The van der Waals surface area contributed by atoms with E-state index >= 15 is 0 Å². The first-order chi connectivity index (χ1) is 17.4. The summed E-state index contributed by atoms with van der Waals surface area (Å²) in [6.07, 6.45) is -0.0932. The van der Waals surface area contributed by atoms with Gasteiger partial charge in [0.25, 0.3) is 0 Å². The Morgan fingerprint density at radius 1 is 1.11 bits per heavy atom. The van der Waals surface area contributed by atoms with E-state index in [0.29, 0.717) is 24.7 Å². The van der Waals surface area contributed by atoms with E-state index in [4.69, 9.17) is 23.4 Å². The number of aromatic nitrogens is 1. The first kappa shape index (κ1) is 25.7. The molecule has 1 atom stereocenters. The smallest absolute Gasteiger partial charge is 0.335 e. The molecule has 2 aromatic carbocycles. The number of fused-ring (bicyclic) bond motifs is 1. The molecule has 0 saturated carbocycles. The SMILES string of the molecule is CCOC(Cc1ccc(OCc2nc(-c3ccc(OC(C)C)cc3)oc2C)c2sccc12)C(=O)OC. The summed E-state index contributed by atoms with van der Waals surface area (Å²) in [5.41, 5.74) is 2.62. The molecule has 0 radical (unpaired) electrons. The van der Waals surface area contributed by atoms with Gasteiger partial charge in [-0.25, -0.2) is 9.78 Å². The minimum absolute atomic E-state index is 0.117. The van der Waals surface area contributed by atoms with Crippen molar-refractivity contribution in [2.24, 2.45) is 0 Å². The molecule has 190 valence electrons. The van der Waals surface area contributed by atoms with Crippen molar-refractivity contribution in [2.45, 2.75) is 52.9 Å². The zero-order valence-electron chi connectivity index (χ0n) is 21.2. The molecule has 36 heavy (non-hydrogen) atoms. The summed E-state index contributed by atoms with van der Waals surface area (Å²) in [5, 5.41) is 3.05. The minimum atomic E-state index is -0.642. The Labute approximate surface area is 215 Å². The van der Waals surface area contributed by atoms with E-state index in [2.05, 4.69) is 4.98 Å². The van der Waals surface area contributed by atoms with Crippen molar-refractivity contribution in [1.29, 1.82) is 0 Å². The summed E-state index contributed by atoms with van der Waals surface area (Å²) in [6.45, 7) is 8.45. The van der Waals surface area contributed by atoms with Crippen LogP contribution >= 0.6 is 11.3 Å². The van der Waals surface area contributed by atoms with Gasteiger partial charge in [-0.1, -0.05) is 6.07 Å². The van der Waals surface area contributed by atoms with Crippen LogP contribution < -0.4 is 9.47 Å². The summed E-state index contributed by atoms with van der Waals surface area (Å²) < 4.78 is 29.3. The maximum atomic E-state index is 12.1. The van der Waals surface area contributed by atoms with Crippen LogP contribution in [0.1, 0.15) is 37.8 Å². The second-order valence-corrected chi connectivity index (χ2v) is 9.48. The Morgan fingerprint density at radius 2 is 1.89 bits per heavy atom. The molecular weight excluding hydrogens is 478 g/mol. The molecule has 0 aliphatic heterocycles. The first-order valence-electron chi connectivity index (χ1n) is 11.9. The van der Waals surface area contributed by atoms with Crippen LogP contribution in [0.5, 0.6) is 11.5 Å². The number of carbonyl (C=O) groups is 1. The molecule has 7 nitrogen and oxygen atoms in total. The van der Waals surface area contributed by atoms with Gasteiger partial charge in [-0.05, 0) is 80.4 Å². The highest BCUT2D eigenvalue weighted by atomic mass is 32.1. The van der Waals surface area contributed by atoms with Gasteiger partial charge in [0.15, 0.2) is 6.10 Å². The molecule has 0 amide bonds. The van der Waals surface area contributed by atoms with Crippen molar-refractivity contribution >= 4 is 27.4 Å². The summed E-state index contributed by atoms with van der Waals surface area (Å²) in [6, 6.07) is 13.6. The van der Waals surface area contributed by atoms with Crippen molar-refractivity contribution in [3.05, 3.63) is 64.9 Å². The topological polar surface area (TPSA) is 80.0 Å². The molecule has 4 aromatic rings. The van der Waals surface area contributed by atoms with Crippen LogP contribution in [0.3, 0.4) is 0 Å². The molecule has 8 heteroatoms. The predicted octanol–water partition coefficient (Wildman–Crippen LogP) is 6.35. The number of nitrogens with zero attached hydrogens (tertiary/aromatic N) is 1. The second-order valence-electron chi connectivity index (χ2n) is 8.56. The molecule has 2 heterocycles. The van der Waals surface area contributed by atoms with E-state index in [1.54, 1.807) is 11.3 Å². The lowest BCUT2D eigenvalue weighted by Crippen LogP contribution is -2.28. The van der Waals surface area contributed by atoms with Crippen LogP contribution in [-0.2, 0) is 27.3 Å². The maximum absolute atomic E-state index is 12.1. The molecule has 0 bridgehead atoms. The molecular formula is C28H31NO6S. The summed E-state index contributed by atoms with van der Waals surface area (Å²) in [7, 11) is 1.37. The number of hydrogen-bond acceptors (Lipinski definition) is 8. The third kappa shape index (κ3) is 5.88. The number of aryl methyl sites for hydroxylation is 1. The molecule has 0 aliphatic carbocycles. The third-order valence-electron chi connectivity index (χ3n) is 5.64. The summed E-state index contributed by atoms with van der Waals surface area (Å²) in [4.78, 5) is 16.8. The monoisotopic (exact) mass is 509 g/mol. The molecule has 0 aliphatic rings. The van der Waals surface area contributed by atoms with E-state index in [-0.39, 0.29) is 18.7 Å². The van der Waals surface area contributed by atoms with Crippen LogP contribution in [0.2, 0.25) is 0 Å². The highest BCUT2D eigenvalue weighted by Crippen LogP contribution is 2.35. The van der Waals surface area contributed by atoms with E-state index in [1.807, 2.05) is 75.5 Å². The zero-order valence-corrected chi connectivity index (χ0v) is 22.0. The quantitative estimate of drug-likeness (QED) is 0.218. The van der Waals surface area contributed by atoms with Crippen LogP contribution in [0, 0.1) is 6.92 Å². The van der Waals surface area contributed by atoms with E-state index in [0.717, 1.165) is 38.4 Å². The van der Waals surface area contributed by atoms with Crippen LogP contribution in [-0.4, -0.2) is 36.9 Å². The normalized spacial score (nSPS) is 12.2. The molecule has 0 fully saturated rings. The highest BCUT2D eigenvalue weighted by molar-refractivity contribution is 7.17. The van der Waals surface area contributed by atoms with E-state index < -0.39 is 6.10 Å². The van der Waals surface area contributed by atoms with Crippen molar-refractivity contribution in [2.75, 3.05) is 13.7 Å². The van der Waals surface area contributed by atoms with Crippen LogP contribution in [0.4, 0.5) is 0 Å². The fourth-order valence-corrected chi connectivity index (χ4v) is 4.82. The van der Waals surface area contributed by atoms with Gasteiger partial charge in [0.05, 0.1) is 17.9 Å². The number of ether oxygens (including phenoxy) is 4.